The highest BCUT2D eigenvalue weighted by atomic mass is 35.5. The zero-order chi connectivity index (χ0) is 29.0. The molecule has 1 atom stereocenters. The van der Waals surface area contributed by atoms with Crippen molar-refractivity contribution in [2.45, 2.75) is 22.1 Å². The molecule has 0 fully saturated rings. The lowest BCUT2D eigenvalue weighted by Crippen LogP contribution is -2.20. The Hall–Kier alpha value is -3.87. The first kappa shape index (κ1) is 27.9. The molecule has 1 aliphatic rings. The van der Waals surface area contributed by atoms with E-state index in [1.54, 1.807) is 0 Å². The van der Waals surface area contributed by atoms with Gasteiger partial charge in [0.1, 0.15) is 0 Å². The van der Waals surface area contributed by atoms with Gasteiger partial charge in [-0.25, -0.2) is 0 Å². The van der Waals surface area contributed by atoms with Crippen molar-refractivity contribution in [3.05, 3.63) is 191 Å². The van der Waals surface area contributed by atoms with Crippen molar-refractivity contribution in [3.8, 4) is 0 Å². The van der Waals surface area contributed by atoms with Crippen LogP contribution >= 0.6 is 31.3 Å². The summed E-state index contributed by atoms with van der Waals surface area (Å²) in [6.45, 7) is 0. The molecule has 1 unspecified atom stereocenters. The molecule has 0 amide bonds. The fourth-order valence-corrected chi connectivity index (χ4v) is 9.52. The molecule has 6 aromatic carbocycles. The molecule has 0 radical (unpaired) electrons. The van der Waals surface area contributed by atoms with Gasteiger partial charge in [0.15, 0.2) is 0 Å². The van der Waals surface area contributed by atoms with Crippen LogP contribution in [0.3, 0.4) is 0 Å². The summed E-state index contributed by atoms with van der Waals surface area (Å²) in [5, 5.41) is 4.96. The van der Waals surface area contributed by atoms with Crippen molar-refractivity contribution >= 4 is 53.3 Å². The number of allylic oxidation sites excluding steroid dienone is 1. The molecule has 6 aromatic rings. The number of hydrogen-bond donors (Lipinski definition) is 0. The molecule has 0 aromatic heterocycles. The standard InChI is InChI=1S/C40H30ClPS/c41-38-28-37-30(27-29-13-4-1-5-14-29)15-12-21-35(37)40(38)36-20-10-11-22-39(36)43-34-25-23-33(24-26-34)42(31-16-6-2-7-17-31)32-18-8-3-9-19-32/h1-26,28,40H,27H2. The molecule has 1 aliphatic carbocycles. The van der Waals surface area contributed by atoms with Crippen molar-refractivity contribution in [1.82, 2.24) is 0 Å². The molecule has 0 aliphatic heterocycles. The highest BCUT2D eigenvalue weighted by molar-refractivity contribution is 7.99. The molecule has 0 nitrogen and oxygen atoms in total. The summed E-state index contributed by atoms with van der Waals surface area (Å²) in [4.78, 5) is 2.46. The highest BCUT2D eigenvalue weighted by Gasteiger charge is 2.29. The van der Waals surface area contributed by atoms with Crippen LogP contribution in [0.4, 0.5) is 0 Å². The lowest BCUT2D eigenvalue weighted by molar-refractivity contribution is 0.985. The first-order valence-corrected chi connectivity index (χ1v) is 17.1. The summed E-state index contributed by atoms with van der Waals surface area (Å²) in [5.41, 5.74) is 6.44. The second-order valence-electron chi connectivity index (χ2n) is 10.7. The molecule has 0 saturated heterocycles. The Labute approximate surface area is 264 Å². The van der Waals surface area contributed by atoms with Crippen molar-refractivity contribution in [2.24, 2.45) is 0 Å². The lowest BCUT2D eigenvalue weighted by atomic mass is 9.90. The summed E-state index contributed by atoms with van der Waals surface area (Å²) in [5.74, 6) is 0.0411. The van der Waals surface area contributed by atoms with Gasteiger partial charge in [-0.05, 0) is 82.3 Å². The summed E-state index contributed by atoms with van der Waals surface area (Å²) in [6.07, 6.45) is 3.08. The van der Waals surface area contributed by atoms with E-state index >= 15 is 0 Å². The van der Waals surface area contributed by atoms with Crippen LogP contribution in [0.25, 0.3) is 6.08 Å². The predicted octanol–water partition coefficient (Wildman–Crippen LogP) is 9.91. The van der Waals surface area contributed by atoms with Gasteiger partial charge in [-0.3, -0.25) is 0 Å². The molecule has 0 heterocycles. The van der Waals surface area contributed by atoms with Crippen LogP contribution in [0.1, 0.15) is 33.7 Å². The summed E-state index contributed by atoms with van der Waals surface area (Å²) in [7, 11) is -0.622. The molecular formula is C40H30ClPS. The summed E-state index contributed by atoms with van der Waals surface area (Å²) < 4.78 is 0. The summed E-state index contributed by atoms with van der Waals surface area (Å²) >= 11 is 8.87. The second-order valence-corrected chi connectivity index (χ2v) is 14.5. The van der Waals surface area contributed by atoms with E-state index in [1.807, 2.05) is 11.8 Å². The minimum atomic E-state index is -0.622. The van der Waals surface area contributed by atoms with Gasteiger partial charge in [0.25, 0.3) is 0 Å². The van der Waals surface area contributed by atoms with Crippen LogP contribution < -0.4 is 15.9 Å². The molecular weight excluding hydrogens is 579 g/mol. The minimum absolute atomic E-state index is 0.0411. The molecule has 3 heteroatoms. The maximum Gasteiger partial charge on any atom is 0.0465 e. The van der Waals surface area contributed by atoms with E-state index < -0.39 is 7.92 Å². The third-order valence-corrected chi connectivity index (χ3v) is 11.8. The van der Waals surface area contributed by atoms with Crippen LogP contribution in [0.5, 0.6) is 0 Å². The number of fused-ring (bicyclic) bond motifs is 1. The molecule has 0 bridgehead atoms. The Kier molecular flexibility index (Phi) is 8.30. The van der Waals surface area contributed by atoms with Crippen molar-refractivity contribution in [2.75, 3.05) is 0 Å². The third kappa shape index (κ3) is 5.99. The smallest absolute Gasteiger partial charge is 0.0465 e. The Morgan fingerprint density at radius 3 is 1.77 bits per heavy atom. The van der Waals surface area contributed by atoms with Gasteiger partial charge in [-0.1, -0.05) is 163 Å². The van der Waals surface area contributed by atoms with E-state index in [0.29, 0.717) is 0 Å². The predicted molar refractivity (Wildman–Crippen MR) is 187 cm³/mol. The van der Waals surface area contributed by atoms with Crippen LogP contribution in [-0.4, -0.2) is 0 Å². The third-order valence-electron chi connectivity index (χ3n) is 7.92. The van der Waals surface area contributed by atoms with Gasteiger partial charge >= 0.3 is 0 Å². The molecule has 0 spiro atoms. The van der Waals surface area contributed by atoms with Gasteiger partial charge < -0.3 is 0 Å². The van der Waals surface area contributed by atoms with Gasteiger partial charge in [-0.15, -0.1) is 0 Å². The van der Waals surface area contributed by atoms with E-state index in [4.69, 9.17) is 11.6 Å². The largest absolute Gasteiger partial charge is 0.0898 e. The number of benzene rings is 6. The molecule has 0 saturated carbocycles. The van der Waals surface area contributed by atoms with E-state index in [0.717, 1.165) is 11.5 Å². The molecule has 0 N–H and O–H groups in total. The zero-order valence-corrected chi connectivity index (χ0v) is 26.1. The van der Waals surface area contributed by atoms with Crippen LogP contribution in [0.15, 0.2) is 173 Å². The average molecular weight is 609 g/mol. The SMILES string of the molecule is ClC1=Cc2c(Cc3ccccc3)cccc2C1c1ccccc1Sc1ccc(P(c2ccccc2)c2ccccc2)cc1. The normalized spacial score (nSPS) is 14.0. The van der Waals surface area contributed by atoms with Crippen LogP contribution in [-0.2, 0) is 6.42 Å². The van der Waals surface area contributed by atoms with Crippen molar-refractivity contribution < 1.29 is 0 Å². The number of halogens is 1. The maximum absolute atomic E-state index is 7.05. The van der Waals surface area contributed by atoms with Crippen molar-refractivity contribution in [3.63, 3.8) is 0 Å². The Balaban J connectivity index is 1.18. The molecule has 208 valence electrons. The van der Waals surface area contributed by atoms with Gasteiger partial charge in [0.2, 0.25) is 0 Å². The van der Waals surface area contributed by atoms with E-state index in [2.05, 4.69) is 164 Å². The molecule has 7 rings (SSSR count). The Bertz CT molecular complexity index is 1830. The fraction of sp³-hybridized carbons (Fsp3) is 0.0500. The van der Waals surface area contributed by atoms with Gasteiger partial charge in [0.05, 0.1) is 0 Å². The Morgan fingerprint density at radius 1 is 0.535 bits per heavy atom. The van der Waals surface area contributed by atoms with E-state index in [-0.39, 0.29) is 5.92 Å². The van der Waals surface area contributed by atoms with Crippen molar-refractivity contribution in [1.29, 1.82) is 0 Å². The fourth-order valence-electron chi connectivity index (χ4n) is 5.92. The van der Waals surface area contributed by atoms with Gasteiger partial charge in [-0.2, -0.15) is 0 Å². The minimum Gasteiger partial charge on any atom is -0.0898 e. The number of hydrogen-bond acceptors (Lipinski definition) is 1. The monoisotopic (exact) mass is 608 g/mol. The van der Waals surface area contributed by atoms with Gasteiger partial charge in [0, 0.05) is 20.7 Å². The van der Waals surface area contributed by atoms with Crippen LogP contribution in [0.2, 0.25) is 0 Å². The highest BCUT2D eigenvalue weighted by Crippen LogP contribution is 2.47. The maximum atomic E-state index is 7.05. The quantitative estimate of drug-likeness (QED) is 0.155. The lowest BCUT2D eigenvalue weighted by Gasteiger charge is -2.20. The topological polar surface area (TPSA) is 0 Å². The molecule has 43 heavy (non-hydrogen) atoms. The number of rotatable bonds is 8. The van der Waals surface area contributed by atoms with E-state index in [1.165, 1.54) is 53.5 Å². The first-order chi connectivity index (χ1) is 21.2. The summed E-state index contributed by atoms with van der Waals surface area (Å²) in [6, 6.07) is 56.9. The first-order valence-electron chi connectivity index (χ1n) is 14.5. The van der Waals surface area contributed by atoms with E-state index in [9.17, 15) is 0 Å². The second kappa shape index (κ2) is 12.8. The Morgan fingerprint density at radius 2 is 1.09 bits per heavy atom. The zero-order valence-electron chi connectivity index (χ0n) is 23.6. The van der Waals surface area contributed by atoms with Crippen LogP contribution in [0, 0.1) is 0 Å². The average Bonchev–Trinajstić information content (AvgIpc) is 3.40.